The summed E-state index contributed by atoms with van der Waals surface area (Å²) in [6.45, 7) is 1.47. The molecule has 5 heteroatoms. The van der Waals surface area contributed by atoms with E-state index in [4.69, 9.17) is 14.2 Å². The third-order valence-corrected chi connectivity index (χ3v) is 3.13. The van der Waals surface area contributed by atoms with Crippen LogP contribution < -0.4 is 14.8 Å². The van der Waals surface area contributed by atoms with Crippen molar-refractivity contribution in [3.05, 3.63) is 53.8 Å². The lowest BCUT2D eigenvalue weighted by molar-refractivity contribution is 0.144. The number of para-hydroxylation sites is 1. The number of hydrogen-bond acceptors (Lipinski definition) is 4. The number of rotatable bonds is 8. The van der Waals surface area contributed by atoms with E-state index in [2.05, 4.69) is 5.32 Å². The molecule has 0 amide bonds. The first kappa shape index (κ1) is 16.1. The molecule has 0 radical (unpaired) electrons. The standard InChI is InChI=1S/C17H20FNO3/c1-20-9-10-22-16-8-7-13(11-17(16)21-2)12-19-15-6-4-3-5-14(15)18/h3-8,11,19H,9-10,12H2,1-2H3. The average Bonchev–Trinajstić information content (AvgIpc) is 2.55. The van der Waals surface area contributed by atoms with Crippen molar-refractivity contribution in [3.8, 4) is 11.5 Å². The normalized spacial score (nSPS) is 10.3. The number of hydrogen-bond donors (Lipinski definition) is 1. The van der Waals surface area contributed by atoms with E-state index in [0.717, 1.165) is 5.56 Å². The highest BCUT2D eigenvalue weighted by Crippen LogP contribution is 2.28. The number of anilines is 1. The smallest absolute Gasteiger partial charge is 0.161 e. The zero-order chi connectivity index (χ0) is 15.8. The summed E-state index contributed by atoms with van der Waals surface area (Å²) in [5.41, 5.74) is 1.45. The van der Waals surface area contributed by atoms with E-state index >= 15 is 0 Å². The predicted octanol–water partition coefficient (Wildman–Crippen LogP) is 3.47. The van der Waals surface area contributed by atoms with Crippen LogP contribution in [0.4, 0.5) is 10.1 Å². The number of ether oxygens (including phenoxy) is 3. The molecule has 1 N–H and O–H groups in total. The van der Waals surface area contributed by atoms with Crippen molar-refractivity contribution >= 4 is 5.69 Å². The minimum atomic E-state index is -0.269. The van der Waals surface area contributed by atoms with E-state index in [1.165, 1.54) is 6.07 Å². The summed E-state index contributed by atoms with van der Waals surface area (Å²) in [5, 5.41) is 3.06. The molecule has 0 heterocycles. The van der Waals surface area contributed by atoms with Crippen molar-refractivity contribution in [2.75, 3.05) is 32.8 Å². The summed E-state index contributed by atoms with van der Waals surface area (Å²) < 4.78 is 29.4. The Bertz CT molecular complexity index is 604. The summed E-state index contributed by atoms with van der Waals surface area (Å²) in [5.74, 6) is 1.03. The van der Waals surface area contributed by atoms with Crippen LogP contribution in [0.25, 0.3) is 0 Å². The Morgan fingerprint density at radius 1 is 1.00 bits per heavy atom. The molecule has 4 nitrogen and oxygen atoms in total. The fraction of sp³-hybridized carbons (Fsp3) is 0.294. The molecule has 0 aliphatic heterocycles. The van der Waals surface area contributed by atoms with Gasteiger partial charge in [-0.2, -0.15) is 0 Å². The molecule has 22 heavy (non-hydrogen) atoms. The number of nitrogens with one attached hydrogen (secondary N) is 1. The van der Waals surface area contributed by atoms with Gasteiger partial charge >= 0.3 is 0 Å². The molecule has 118 valence electrons. The van der Waals surface area contributed by atoms with Crippen molar-refractivity contribution in [1.82, 2.24) is 0 Å². The molecule has 0 bridgehead atoms. The second kappa shape index (κ2) is 8.24. The summed E-state index contributed by atoms with van der Waals surface area (Å²) in [6, 6.07) is 12.2. The maximum Gasteiger partial charge on any atom is 0.161 e. The fourth-order valence-corrected chi connectivity index (χ4v) is 1.98. The zero-order valence-corrected chi connectivity index (χ0v) is 12.8. The average molecular weight is 305 g/mol. The van der Waals surface area contributed by atoms with E-state index in [9.17, 15) is 4.39 Å². The lowest BCUT2D eigenvalue weighted by Crippen LogP contribution is -2.06. The first-order valence-corrected chi connectivity index (χ1v) is 7.01. The monoisotopic (exact) mass is 305 g/mol. The molecular formula is C17H20FNO3. The Labute approximate surface area is 129 Å². The van der Waals surface area contributed by atoms with Gasteiger partial charge in [0.05, 0.1) is 19.4 Å². The van der Waals surface area contributed by atoms with Crippen LogP contribution in [-0.2, 0) is 11.3 Å². The summed E-state index contributed by atoms with van der Waals surface area (Å²) in [7, 11) is 3.21. The van der Waals surface area contributed by atoms with Gasteiger partial charge in [-0.1, -0.05) is 18.2 Å². The van der Waals surface area contributed by atoms with Gasteiger partial charge < -0.3 is 19.5 Å². The van der Waals surface area contributed by atoms with Crippen molar-refractivity contribution in [2.24, 2.45) is 0 Å². The van der Waals surface area contributed by atoms with Crippen LogP contribution in [0.1, 0.15) is 5.56 Å². The van der Waals surface area contributed by atoms with Gasteiger partial charge in [-0.3, -0.25) is 0 Å². The summed E-state index contributed by atoms with van der Waals surface area (Å²) in [6.07, 6.45) is 0. The van der Waals surface area contributed by atoms with E-state index in [1.54, 1.807) is 32.4 Å². The van der Waals surface area contributed by atoms with Crippen LogP contribution in [0.15, 0.2) is 42.5 Å². The van der Waals surface area contributed by atoms with E-state index in [1.807, 2.05) is 18.2 Å². The van der Waals surface area contributed by atoms with Crippen molar-refractivity contribution in [1.29, 1.82) is 0 Å². The molecule has 0 fully saturated rings. The van der Waals surface area contributed by atoms with Crippen molar-refractivity contribution in [2.45, 2.75) is 6.54 Å². The van der Waals surface area contributed by atoms with Gasteiger partial charge in [-0.25, -0.2) is 4.39 Å². The zero-order valence-electron chi connectivity index (χ0n) is 12.8. The highest BCUT2D eigenvalue weighted by atomic mass is 19.1. The van der Waals surface area contributed by atoms with Gasteiger partial charge in [0.1, 0.15) is 12.4 Å². The van der Waals surface area contributed by atoms with Crippen LogP contribution in [0.3, 0.4) is 0 Å². The Morgan fingerprint density at radius 2 is 1.82 bits per heavy atom. The molecule has 2 aromatic carbocycles. The Kier molecular flexibility index (Phi) is 6.03. The molecular weight excluding hydrogens is 285 g/mol. The molecule has 0 aromatic heterocycles. The molecule has 2 rings (SSSR count). The molecule has 0 saturated heterocycles. The van der Waals surface area contributed by atoms with Gasteiger partial charge in [0.15, 0.2) is 11.5 Å². The largest absolute Gasteiger partial charge is 0.493 e. The maximum atomic E-state index is 13.6. The quantitative estimate of drug-likeness (QED) is 0.758. The van der Waals surface area contributed by atoms with Gasteiger partial charge in [0.25, 0.3) is 0 Å². The van der Waals surface area contributed by atoms with Crippen LogP contribution in [0.5, 0.6) is 11.5 Å². The second-order valence-electron chi connectivity index (χ2n) is 4.66. The highest BCUT2D eigenvalue weighted by Gasteiger charge is 2.06. The lowest BCUT2D eigenvalue weighted by Gasteiger charge is -2.13. The summed E-state index contributed by atoms with van der Waals surface area (Å²) in [4.78, 5) is 0. The topological polar surface area (TPSA) is 39.7 Å². The molecule has 0 spiro atoms. The van der Waals surface area contributed by atoms with Gasteiger partial charge in [-0.05, 0) is 29.8 Å². The number of halogens is 1. The molecule has 0 atom stereocenters. The van der Waals surface area contributed by atoms with Gasteiger partial charge in [-0.15, -0.1) is 0 Å². The maximum absolute atomic E-state index is 13.6. The highest BCUT2D eigenvalue weighted by molar-refractivity contribution is 5.47. The van der Waals surface area contributed by atoms with Crippen molar-refractivity contribution < 1.29 is 18.6 Å². The molecule has 0 unspecified atom stereocenters. The molecule has 0 aliphatic rings. The van der Waals surface area contributed by atoms with Gasteiger partial charge in [0.2, 0.25) is 0 Å². The number of methoxy groups -OCH3 is 2. The summed E-state index contributed by atoms with van der Waals surface area (Å²) >= 11 is 0. The van der Waals surface area contributed by atoms with Crippen LogP contribution in [0, 0.1) is 5.82 Å². The van der Waals surface area contributed by atoms with E-state index in [-0.39, 0.29) is 5.82 Å². The minimum absolute atomic E-state index is 0.269. The van der Waals surface area contributed by atoms with Crippen LogP contribution in [0.2, 0.25) is 0 Å². The Hall–Kier alpha value is -2.27. The fourth-order valence-electron chi connectivity index (χ4n) is 1.98. The Balaban J connectivity index is 2.01. The predicted molar refractivity (Wildman–Crippen MR) is 84.1 cm³/mol. The lowest BCUT2D eigenvalue weighted by atomic mass is 10.2. The van der Waals surface area contributed by atoms with E-state index < -0.39 is 0 Å². The number of benzene rings is 2. The molecule has 0 aliphatic carbocycles. The van der Waals surface area contributed by atoms with Crippen LogP contribution >= 0.6 is 0 Å². The van der Waals surface area contributed by atoms with Gasteiger partial charge in [0, 0.05) is 13.7 Å². The first-order chi connectivity index (χ1) is 10.7. The second-order valence-corrected chi connectivity index (χ2v) is 4.66. The Morgan fingerprint density at radius 3 is 2.55 bits per heavy atom. The molecule has 2 aromatic rings. The third-order valence-electron chi connectivity index (χ3n) is 3.13. The van der Waals surface area contributed by atoms with E-state index in [0.29, 0.717) is 36.9 Å². The molecule has 0 saturated carbocycles. The minimum Gasteiger partial charge on any atom is -0.493 e. The van der Waals surface area contributed by atoms with Crippen molar-refractivity contribution in [3.63, 3.8) is 0 Å². The third kappa shape index (κ3) is 4.36. The first-order valence-electron chi connectivity index (χ1n) is 7.01. The SMILES string of the molecule is COCCOc1ccc(CNc2ccccc2F)cc1OC. The van der Waals surface area contributed by atoms with Crippen LogP contribution in [-0.4, -0.2) is 27.4 Å².